The SMILES string of the molecule is COc1cccc(Oc2ccc(-c3nc(C4CCCN(C(=O)C(N)=O)C4)n4ccncc34)cc2)c1F. The summed E-state index contributed by atoms with van der Waals surface area (Å²) in [5, 5.41) is 0. The molecule has 2 aromatic heterocycles. The second-order valence-corrected chi connectivity index (χ2v) is 8.50. The number of hydrogen-bond acceptors (Lipinski definition) is 6. The van der Waals surface area contributed by atoms with E-state index in [1.807, 2.05) is 22.7 Å². The molecule has 4 aromatic rings. The maximum atomic E-state index is 14.5. The molecule has 3 heterocycles. The van der Waals surface area contributed by atoms with Crippen molar-refractivity contribution in [2.45, 2.75) is 18.8 Å². The van der Waals surface area contributed by atoms with Crippen LogP contribution in [0.15, 0.2) is 61.1 Å². The Hall–Kier alpha value is -4.47. The molecule has 10 heteroatoms. The Labute approximate surface area is 206 Å². The van der Waals surface area contributed by atoms with E-state index in [9.17, 15) is 14.0 Å². The molecule has 1 saturated heterocycles. The lowest BCUT2D eigenvalue weighted by molar-refractivity contribution is -0.145. The van der Waals surface area contributed by atoms with Gasteiger partial charge in [-0.15, -0.1) is 0 Å². The third kappa shape index (κ3) is 4.33. The first kappa shape index (κ1) is 23.3. The average molecular weight is 490 g/mol. The van der Waals surface area contributed by atoms with Crippen LogP contribution in [0.3, 0.4) is 0 Å². The van der Waals surface area contributed by atoms with Gasteiger partial charge in [0.2, 0.25) is 5.82 Å². The molecule has 0 spiro atoms. The van der Waals surface area contributed by atoms with Crippen LogP contribution in [0, 0.1) is 5.82 Å². The van der Waals surface area contributed by atoms with Crippen molar-refractivity contribution in [3.8, 4) is 28.5 Å². The van der Waals surface area contributed by atoms with Gasteiger partial charge in [0, 0.05) is 37.0 Å². The van der Waals surface area contributed by atoms with Crippen LogP contribution >= 0.6 is 0 Å². The van der Waals surface area contributed by atoms with Crippen LogP contribution in [0.1, 0.15) is 24.6 Å². The number of benzene rings is 2. The van der Waals surface area contributed by atoms with E-state index in [4.69, 9.17) is 20.2 Å². The van der Waals surface area contributed by atoms with Crippen LogP contribution in [-0.2, 0) is 9.59 Å². The Balaban J connectivity index is 1.44. The smallest absolute Gasteiger partial charge is 0.311 e. The molecule has 0 saturated carbocycles. The third-order valence-electron chi connectivity index (χ3n) is 6.26. The fourth-order valence-corrected chi connectivity index (χ4v) is 4.53. The summed E-state index contributed by atoms with van der Waals surface area (Å²) in [6.45, 7) is 0.854. The van der Waals surface area contributed by atoms with E-state index in [2.05, 4.69) is 4.98 Å². The molecule has 9 nitrogen and oxygen atoms in total. The molecule has 1 atom stereocenters. The summed E-state index contributed by atoms with van der Waals surface area (Å²) in [7, 11) is 1.40. The highest BCUT2D eigenvalue weighted by Gasteiger charge is 2.30. The Kier molecular flexibility index (Phi) is 6.24. The van der Waals surface area contributed by atoms with Crippen molar-refractivity contribution in [1.82, 2.24) is 19.3 Å². The van der Waals surface area contributed by atoms with Gasteiger partial charge in [0.15, 0.2) is 11.5 Å². The molecule has 0 aliphatic carbocycles. The van der Waals surface area contributed by atoms with Crippen LogP contribution in [0.25, 0.3) is 16.8 Å². The molecule has 5 rings (SSSR count). The minimum Gasteiger partial charge on any atom is -0.494 e. The number of carbonyl (C=O) groups is 2. The van der Waals surface area contributed by atoms with E-state index in [0.29, 0.717) is 18.8 Å². The van der Waals surface area contributed by atoms with Crippen molar-refractivity contribution in [3.63, 3.8) is 0 Å². The van der Waals surface area contributed by atoms with E-state index in [-0.39, 0.29) is 17.4 Å². The van der Waals surface area contributed by atoms with Crippen molar-refractivity contribution < 1.29 is 23.5 Å². The number of primary amides is 1. The number of hydrogen-bond donors (Lipinski definition) is 1. The molecule has 184 valence electrons. The van der Waals surface area contributed by atoms with Gasteiger partial charge in [0.1, 0.15) is 11.6 Å². The molecule has 1 fully saturated rings. The number of carbonyl (C=O) groups excluding carboxylic acids is 2. The molecule has 36 heavy (non-hydrogen) atoms. The van der Waals surface area contributed by atoms with Gasteiger partial charge >= 0.3 is 11.8 Å². The van der Waals surface area contributed by atoms with E-state index < -0.39 is 17.6 Å². The predicted molar refractivity (Wildman–Crippen MR) is 129 cm³/mol. The van der Waals surface area contributed by atoms with Gasteiger partial charge in [-0.05, 0) is 49.2 Å². The Morgan fingerprint density at radius 1 is 1.14 bits per heavy atom. The maximum absolute atomic E-state index is 14.5. The quantitative estimate of drug-likeness (QED) is 0.429. The lowest BCUT2D eigenvalue weighted by Gasteiger charge is -2.31. The lowest BCUT2D eigenvalue weighted by atomic mass is 9.97. The van der Waals surface area contributed by atoms with Crippen LogP contribution < -0.4 is 15.2 Å². The first-order valence-electron chi connectivity index (χ1n) is 11.5. The van der Waals surface area contributed by atoms with E-state index in [1.54, 1.807) is 30.6 Å². The number of methoxy groups -OCH3 is 1. The molecule has 1 aliphatic rings. The molecule has 1 aliphatic heterocycles. The van der Waals surface area contributed by atoms with Gasteiger partial charge in [0.05, 0.1) is 24.5 Å². The molecule has 1 unspecified atom stereocenters. The van der Waals surface area contributed by atoms with Crippen LogP contribution in [0.5, 0.6) is 17.2 Å². The Bertz CT molecular complexity index is 1440. The Morgan fingerprint density at radius 2 is 1.92 bits per heavy atom. The fraction of sp³-hybridized carbons (Fsp3) is 0.231. The lowest BCUT2D eigenvalue weighted by Crippen LogP contribution is -2.45. The van der Waals surface area contributed by atoms with Crippen LogP contribution in [-0.4, -0.2) is 51.3 Å². The van der Waals surface area contributed by atoms with Gasteiger partial charge in [-0.2, -0.15) is 4.39 Å². The summed E-state index contributed by atoms with van der Waals surface area (Å²) in [5.74, 6) is -0.861. The van der Waals surface area contributed by atoms with E-state index >= 15 is 0 Å². The highest BCUT2D eigenvalue weighted by molar-refractivity contribution is 6.34. The number of likely N-dealkylation sites (tertiary alicyclic amines) is 1. The Morgan fingerprint density at radius 3 is 2.67 bits per heavy atom. The minimum atomic E-state index is -0.954. The second kappa shape index (κ2) is 9.65. The van der Waals surface area contributed by atoms with Gasteiger partial charge in [-0.1, -0.05) is 6.07 Å². The summed E-state index contributed by atoms with van der Waals surface area (Å²) in [4.78, 5) is 34.2. The largest absolute Gasteiger partial charge is 0.494 e. The first-order valence-corrected chi connectivity index (χ1v) is 11.5. The topological polar surface area (TPSA) is 112 Å². The molecule has 2 amide bonds. The van der Waals surface area contributed by atoms with Crippen molar-refractivity contribution in [1.29, 1.82) is 0 Å². The maximum Gasteiger partial charge on any atom is 0.311 e. The number of rotatable bonds is 5. The third-order valence-corrected chi connectivity index (χ3v) is 6.26. The second-order valence-electron chi connectivity index (χ2n) is 8.50. The molecule has 0 bridgehead atoms. The first-order chi connectivity index (χ1) is 17.5. The number of halogens is 1. The number of ether oxygens (including phenoxy) is 2. The molecule has 2 N–H and O–H groups in total. The summed E-state index contributed by atoms with van der Waals surface area (Å²) in [5.41, 5.74) is 7.56. The molecular weight excluding hydrogens is 465 g/mol. The summed E-state index contributed by atoms with van der Waals surface area (Å²) in [6.07, 6.45) is 6.81. The van der Waals surface area contributed by atoms with Crippen molar-refractivity contribution in [2.24, 2.45) is 5.73 Å². The monoisotopic (exact) mass is 489 g/mol. The highest BCUT2D eigenvalue weighted by atomic mass is 19.1. The van der Waals surface area contributed by atoms with Crippen LogP contribution in [0.2, 0.25) is 0 Å². The van der Waals surface area contributed by atoms with E-state index in [1.165, 1.54) is 24.1 Å². The number of fused-ring (bicyclic) bond motifs is 1. The number of imidazole rings is 1. The zero-order valence-electron chi connectivity index (χ0n) is 19.6. The van der Waals surface area contributed by atoms with Gasteiger partial charge in [-0.3, -0.25) is 19.0 Å². The zero-order chi connectivity index (χ0) is 25.2. The zero-order valence-corrected chi connectivity index (χ0v) is 19.6. The minimum absolute atomic E-state index is 0.0633. The average Bonchev–Trinajstić information content (AvgIpc) is 3.30. The number of nitrogens with two attached hydrogens (primary N) is 1. The molecule has 2 aromatic carbocycles. The molecular formula is C26H24FN5O4. The number of piperidine rings is 1. The number of amides is 2. The normalized spacial score (nSPS) is 15.6. The van der Waals surface area contributed by atoms with E-state index in [0.717, 1.165) is 35.4 Å². The summed E-state index contributed by atoms with van der Waals surface area (Å²) in [6, 6.07) is 11.9. The number of aromatic nitrogens is 3. The summed E-state index contributed by atoms with van der Waals surface area (Å²) < 4.78 is 27.1. The molecule has 0 radical (unpaired) electrons. The van der Waals surface area contributed by atoms with Crippen molar-refractivity contribution >= 4 is 17.3 Å². The van der Waals surface area contributed by atoms with Gasteiger partial charge in [0.25, 0.3) is 0 Å². The van der Waals surface area contributed by atoms with Crippen molar-refractivity contribution in [2.75, 3.05) is 20.2 Å². The highest BCUT2D eigenvalue weighted by Crippen LogP contribution is 2.34. The predicted octanol–water partition coefficient (Wildman–Crippen LogP) is 3.53. The van der Waals surface area contributed by atoms with Crippen LogP contribution in [0.4, 0.5) is 4.39 Å². The number of nitrogens with zero attached hydrogens (tertiary/aromatic N) is 4. The van der Waals surface area contributed by atoms with Crippen molar-refractivity contribution in [3.05, 3.63) is 72.7 Å². The summed E-state index contributed by atoms with van der Waals surface area (Å²) >= 11 is 0. The van der Waals surface area contributed by atoms with Gasteiger partial charge < -0.3 is 20.1 Å². The standard InChI is InChI=1S/C26H24FN5O4/c1-35-20-5-2-6-21(22(20)27)36-18-9-7-16(8-10-18)23-19-14-29-11-13-32(19)25(30-23)17-4-3-12-31(15-17)26(34)24(28)33/h2,5-11,13-14,17H,3-4,12,15H2,1H3,(H2,28,33). The van der Waals surface area contributed by atoms with Gasteiger partial charge in [-0.25, -0.2) is 4.98 Å². The fourth-order valence-electron chi connectivity index (χ4n) is 4.53.